The van der Waals surface area contributed by atoms with Gasteiger partial charge in [-0.1, -0.05) is 12.1 Å². The Kier molecular flexibility index (Phi) is 6.61. The molecule has 1 aromatic rings. The average molecular weight is 258 g/mol. The van der Waals surface area contributed by atoms with Gasteiger partial charge in [0.05, 0.1) is 6.54 Å². The Hall–Kier alpha value is -1.26. The fourth-order valence-corrected chi connectivity index (χ4v) is 1.55. The number of rotatable bonds is 5. The predicted octanol–water partition coefficient (Wildman–Crippen LogP) is 1.39. The first-order valence-corrected chi connectivity index (χ1v) is 5.36. The molecule has 96 valence electrons. The predicted molar refractivity (Wildman–Crippen MR) is 72.8 cm³/mol. The summed E-state index contributed by atoms with van der Waals surface area (Å²) in [6, 6.07) is 7.93. The van der Waals surface area contributed by atoms with Crippen molar-refractivity contribution in [3.63, 3.8) is 0 Å². The summed E-state index contributed by atoms with van der Waals surface area (Å²) < 4.78 is 0. The number of carbonyl (C=O) groups excluding carboxylic acids is 1. The molecule has 0 unspecified atom stereocenters. The molecular weight excluding hydrogens is 238 g/mol. The third-order valence-corrected chi connectivity index (χ3v) is 2.43. The topological polar surface area (TPSA) is 72.3 Å². The zero-order chi connectivity index (χ0) is 12.1. The van der Waals surface area contributed by atoms with E-state index in [9.17, 15) is 4.79 Å². The monoisotopic (exact) mass is 257 g/mol. The highest BCUT2D eigenvalue weighted by Crippen LogP contribution is 2.11. The Morgan fingerprint density at radius 1 is 1.41 bits per heavy atom. The molecule has 4 nitrogen and oxygen atoms in total. The van der Waals surface area contributed by atoms with E-state index >= 15 is 0 Å². The van der Waals surface area contributed by atoms with Crippen molar-refractivity contribution < 1.29 is 4.79 Å². The molecular formula is C12H20ClN3O. The summed E-state index contributed by atoms with van der Waals surface area (Å²) in [6.07, 6.45) is 0. The molecule has 1 rings (SSSR count). The van der Waals surface area contributed by atoms with Crippen LogP contribution in [0.25, 0.3) is 0 Å². The molecule has 0 saturated carbocycles. The molecule has 0 radical (unpaired) electrons. The highest BCUT2D eigenvalue weighted by Gasteiger charge is 2.12. The van der Waals surface area contributed by atoms with Gasteiger partial charge in [0.15, 0.2) is 0 Å². The Morgan fingerprint density at radius 2 is 2.06 bits per heavy atom. The summed E-state index contributed by atoms with van der Waals surface area (Å²) >= 11 is 0. The number of nitrogen functional groups attached to an aromatic ring is 1. The zero-order valence-corrected chi connectivity index (χ0v) is 11.0. The summed E-state index contributed by atoms with van der Waals surface area (Å²) in [6.45, 7) is 5.03. The number of anilines is 1. The largest absolute Gasteiger partial charge is 0.399 e. The van der Waals surface area contributed by atoms with Gasteiger partial charge in [0.1, 0.15) is 0 Å². The Bertz CT molecular complexity index is 369. The van der Waals surface area contributed by atoms with Gasteiger partial charge in [0.25, 0.3) is 0 Å². The van der Waals surface area contributed by atoms with Crippen molar-refractivity contribution in [2.45, 2.75) is 26.4 Å². The van der Waals surface area contributed by atoms with Crippen molar-refractivity contribution in [1.82, 2.24) is 4.90 Å². The van der Waals surface area contributed by atoms with Gasteiger partial charge in [0, 0.05) is 18.3 Å². The molecule has 0 atom stereocenters. The van der Waals surface area contributed by atoms with Crippen LogP contribution in [0.1, 0.15) is 19.4 Å². The maximum Gasteiger partial charge on any atom is 0.231 e. The second kappa shape index (κ2) is 7.14. The summed E-state index contributed by atoms with van der Waals surface area (Å²) in [7, 11) is 0. The van der Waals surface area contributed by atoms with Gasteiger partial charge < -0.3 is 11.5 Å². The number of benzene rings is 1. The fraction of sp³-hybridized carbons (Fsp3) is 0.417. The Labute approximate surface area is 108 Å². The van der Waals surface area contributed by atoms with Gasteiger partial charge >= 0.3 is 0 Å². The van der Waals surface area contributed by atoms with Crippen LogP contribution in [0, 0.1) is 0 Å². The van der Waals surface area contributed by atoms with E-state index in [1.165, 1.54) is 0 Å². The highest BCUT2D eigenvalue weighted by atomic mass is 35.5. The number of amides is 1. The highest BCUT2D eigenvalue weighted by molar-refractivity contribution is 5.85. The lowest BCUT2D eigenvalue weighted by molar-refractivity contribution is -0.119. The van der Waals surface area contributed by atoms with Gasteiger partial charge in [-0.25, -0.2) is 0 Å². The normalized spacial score (nSPS) is 10.4. The molecule has 0 aliphatic rings. The number of nitrogens with two attached hydrogens (primary N) is 2. The summed E-state index contributed by atoms with van der Waals surface area (Å²) in [5.41, 5.74) is 12.7. The van der Waals surface area contributed by atoms with Gasteiger partial charge in [-0.05, 0) is 31.5 Å². The van der Waals surface area contributed by atoms with Crippen molar-refractivity contribution in [3.05, 3.63) is 29.8 Å². The number of primary amides is 1. The van der Waals surface area contributed by atoms with Crippen LogP contribution in [0.15, 0.2) is 24.3 Å². The molecule has 0 spiro atoms. The molecule has 17 heavy (non-hydrogen) atoms. The quantitative estimate of drug-likeness (QED) is 0.783. The Morgan fingerprint density at radius 3 is 2.53 bits per heavy atom. The standard InChI is InChI=1S/C12H19N3O.ClH/c1-9(2)15(8-12(14)16)7-10-4-3-5-11(13)6-10;/h3-6,9H,7-8,13H2,1-2H3,(H2,14,16);1H. The van der Waals surface area contributed by atoms with Crippen LogP contribution in [0.3, 0.4) is 0 Å². The van der Waals surface area contributed by atoms with E-state index in [1.807, 2.05) is 43.0 Å². The molecule has 0 aromatic heterocycles. The van der Waals surface area contributed by atoms with Crippen molar-refractivity contribution in [2.24, 2.45) is 5.73 Å². The molecule has 0 heterocycles. The number of nitrogens with zero attached hydrogens (tertiary/aromatic N) is 1. The van der Waals surface area contributed by atoms with Gasteiger partial charge in [-0.2, -0.15) is 0 Å². The molecule has 1 amide bonds. The van der Waals surface area contributed by atoms with Crippen molar-refractivity contribution >= 4 is 24.0 Å². The second-order valence-electron chi connectivity index (χ2n) is 4.21. The molecule has 0 fully saturated rings. The van der Waals surface area contributed by atoms with Crippen molar-refractivity contribution in [3.8, 4) is 0 Å². The van der Waals surface area contributed by atoms with Crippen molar-refractivity contribution in [2.75, 3.05) is 12.3 Å². The minimum Gasteiger partial charge on any atom is -0.399 e. The number of hydrogen-bond acceptors (Lipinski definition) is 3. The summed E-state index contributed by atoms with van der Waals surface area (Å²) in [5, 5.41) is 0. The first kappa shape index (κ1) is 15.7. The van der Waals surface area contributed by atoms with E-state index in [4.69, 9.17) is 11.5 Å². The lowest BCUT2D eigenvalue weighted by Gasteiger charge is -2.25. The minimum absolute atomic E-state index is 0. The molecule has 5 heteroatoms. The van der Waals surface area contributed by atoms with Crippen LogP contribution >= 0.6 is 12.4 Å². The zero-order valence-electron chi connectivity index (χ0n) is 10.2. The molecule has 0 aliphatic heterocycles. The van der Waals surface area contributed by atoms with Crippen molar-refractivity contribution in [1.29, 1.82) is 0 Å². The fourth-order valence-electron chi connectivity index (χ4n) is 1.55. The van der Waals surface area contributed by atoms with E-state index < -0.39 is 0 Å². The van der Waals surface area contributed by atoms with E-state index in [-0.39, 0.29) is 30.9 Å². The number of carbonyl (C=O) groups is 1. The molecule has 1 aromatic carbocycles. The average Bonchev–Trinajstić information content (AvgIpc) is 2.15. The van der Waals surface area contributed by atoms with E-state index in [2.05, 4.69) is 0 Å². The van der Waals surface area contributed by atoms with Crippen LogP contribution in [0.5, 0.6) is 0 Å². The molecule has 0 bridgehead atoms. The third kappa shape index (κ3) is 5.56. The van der Waals surface area contributed by atoms with Crippen LogP contribution in [-0.4, -0.2) is 23.4 Å². The maximum atomic E-state index is 10.9. The van der Waals surface area contributed by atoms with Gasteiger partial charge in [-0.3, -0.25) is 9.69 Å². The van der Waals surface area contributed by atoms with Crippen LogP contribution in [0.4, 0.5) is 5.69 Å². The minimum atomic E-state index is -0.308. The summed E-state index contributed by atoms with van der Waals surface area (Å²) in [4.78, 5) is 12.9. The van der Waals surface area contributed by atoms with Crippen LogP contribution < -0.4 is 11.5 Å². The van der Waals surface area contributed by atoms with Gasteiger partial charge in [-0.15, -0.1) is 12.4 Å². The van der Waals surface area contributed by atoms with E-state index in [1.54, 1.807) is 0 Å². The summed E-state index contributed by atoms with van der Waals surface area (Å²) in [5.74, 6) is -0.308. The lowest BCUT2D eigenvalue weighted by Crippen LogP contribution is -2.37. The molecule has 4 N–H and O–H groups in total. The third-order valence-electron chi connectivity index (χ3n) is 2.43. The smallest absolute Gasteiger partial charge is 0.231 e. The molecule has 0 saturated heterocycles. The Balaban J connectivity index is 0.00000256. The van der Waals surface area contributed by atoms with Gasteiger partial charge in [0.2, 0.25) is 5.91 Å². The lowest BCUT2D eigenvalue weighted by atomic mass is 10.1. The first-order valence-electron chi connectivity index (χ1n) is 5.36. The van der Waals surface area contributed by atoms with Crippen LogP contribution in [-0.2, 0) is 11.3 Å². The second-order valence-corrected chi connectivity index (χ2v) is 4.21. The van der Waals surface area contributed by atoms with E-state index in [0.717, 1.165) is 11.3 Å². The van der Waals surface area contributed by atoms with E-state index in [0.29, 0.717) is 6.54 Å². The van der Waals surface area contributed by atoms with Crippen LogP contribution in [0.2, 0.25) is 0 Å². The maximum absolute atomic E-state index is 10.9. The number of hydrogen-bond donors (Lipinski definition) is 2. The SMILES string of the molecule is CC(C)N(CC(N)=O)Cc1cccc(N)c1.Cl. The first-order chi connectivity index (χ1) is 7.49. The number of halogens is 1. The molecule has 0 aliphatic carbocycles.